The first-order chi connectivity index (χ1) is 12.2. The molecule has 7 nitrogen and oxygen atoms in total. The number of nitriles is 1. The van der Waals surface area contributed by atoms with E-state index in [1.165, 1.54) is 12.1 Å². The van der Waals surface area contributed by atoms with Crippen LogP contribution < -0.4 is 5.32 Å². The summed E-state index contributed by atoms with van der Waals surface area (Å²) in [5, 5.41) is 23.2. The molecule has 136 valence electrons. The Balaban J connectivity index is 1.70. The lowest BCUT2D eigenvalue weighted by Gasteiger charge is -2.22. The molecule has 1 aliphatic rings. The van der Waals surface area contributed by atoms with Crippen molar-refractivity contribution in [3.05, 3.63) is 29.8 Å². The molecule has 3 rings (SSSR count). The number of hydrogen-bond acceptors (Lipinski definition) is 5. The molecule has 1 saturated carbocycles. The molecule has 2 aromatic rings. The topological polar surface area (TPSA) is 96.5 Å². The Morgan fingerprint density at radius 1 is 1.42 bits per heavy atom. The van der Waals surface area contributed by atoms with Crippen LogP contribution in [0.1, 0.15) is 25.3 Å². The first kappa shape index (κ1) is 17.8. The standard InChI is InChI=1S/C16H15F3N6O/c1-15(9-20,11-5-6-11)21-13(26)8-25-23-14(22-24-25)10-3-2-4-12(7-10)16(17,18)19/h2-4,7,11H,5-6,8H2,1H3,(H,21,26). The normalized spacial score (nSPS) is 16.6. The fourth-order valence-corrected chi connectivity index (χ4v) is 2.60. The molecule has 1 unspecified atom stereocenters. The number of amides is 1. The Morgan fingerprint density at radius 2 is 2.15 bits per heavy atom. The van der Waals surface area contributed by atoms with E-state index in [2.05, 4.69) is 26.8 Å². The van der Waals surface area contributed by atoms with Gasteiger partial charge in [0, 0.05) is 5.56 Å². The van der Waals surface area contributed by atoms with E-state index in [0.717, 1.165) is 29.8 Å². The highest BCUT2D eigenvalue weighted by Gasteiger charge is 2.43. The van der Waals surface area contributed by atoms with Crippen LogP contribution in [0, 0.1) is 17.2 Å². The zero-order valence-electron chi connectivity index (χ0n) is 13.8. The van der Waals surface area contributed by atoms with Crippen LogP contribution in [0.2, 0.25) is 0 Å². The summed E-state index contributed by atoms with van der Waals surface area (Å²) in [6, 6.07) is 6.65. The second-order valence-electron chi connectivity index (χ2n) is 6.36. The zero-order valence-corrected chi connectivity index (χ0v) is 13.8. The van der Waals surface area contributed by atoms with Crippen molar-refractivity contribution < 1.29 is 18.0 Å². The predicted octanol–water partition coefficient (Wildman–Crippen LogP) is 2.17. The fourth-order valence-electron chi connectivity index (χ4n) is 2.60. The highest BCUT2D eigenvalue weighted by atomic mass is 19.4. The Hall–Kier alpha value is -2.96. The molecule has 10 heteroatoms. The first-order valence-corrected chi connectivity index (χ1v) is 7.89. The monoisotopic (exact) mass is 364 g/mol. The molecule has 1 fully saturated rings. The van der Waals surface area contributed by atoms with Crippen molar-refractivity contribution in [1.82, 2.24) is 25.5 Å². The van der Waals surface area contributed by atoms with Gasteiger partial charge in [-0.1, -0.05) is 12.1 Å². The SMILES string of the molecule is CC(C#N)(NC(=O)Cn1nnc(-c2cccc(C(F)(F)F)c2)n1)C1CC1. The van der Waals surface area contributed by atoms with E-state index in [9.17, 15) is 23.2 Å². The third-order valence-electron chi connectivity index (χ3n) is 4.21. The number of aromatic nitrogens is 4. The second-order valence-corrected chi connectivity index (χ2v) is 6.36. The molecule has 26 heavy (non-hydrogen) atoms. The van der Waals surface area contributed by atoms with Gasteiger partial charge in [-0.25, -0.2) is 0 Å². The van der Waals surface area contributed by atoms with Crippen molar-refractivity contribution in [2.75, 3.05) is 0 Å². The maximum atomic E-state index is 12.8. The minimum absolute atomic E-state index is 0.0193. The molecule has 1 atom stereocenters. The number of halogens is 3. The fraction of sp³-hybridized carbons (Fsp3) is 0.438. The van der Waals surface area contributed by atoms with Gasteiger partial charge in [-0.15, -0.1) is 10.2 Å². The number of carbonyl (C=O) groups excluding carboxylic acids is 1. The largest absolute Gasteiger partial charge is 0.416 e. The molecular weight excluding hydrogens is 349 g/mol. The van der Waals surface area contributed by atoms with E-state index >= 15 is 0 Å². The number of alkyl halides is 3. The number of tetrazole rings is 1. The van der Waals surface area contributed by atoms with E-state index in [1.807, 2.05) is 0 Å². The average molecular weight is 364 g/mol. The summed E-state index contributed by atoms with van der Waals surface area (Å²) in [6.07, 6.45) is -2.71. The van der Waals surface area contributed by atoms with Gasteiger partial charge < -0.3 is 5.32 Å². The van der Waals surface area contributed by atoms with Gasteiger partial charge in [-0.3, -0.25) is 4.79 Å². The summed E-state index contributed by atoms with van der Waals surface area (Å²) in [6.45, 7) is 1.38. The van der Waals surface area contributed by atoms with Crippen LogP contribution in [0.3, 0.4) is 0 Å². The van der Waals surface area contributed by atoms with E-state index in [4.69, 9.17) is 0 Å². The molecule has 1 amide bonds. The van der Waals surface area contributed by atoms with E-state index in [-0.39, 0.29) is 23.9 Å². The van der Waals surface area contributed by atoms with Crippen molar-refractivity contribution in [3.63, 3.8) is 0 Å². The minimum atomic E-state index is -4.48. The Kier molecular flexibility index (Phi) is 4.39. The molecule has 0 radical (unpaired) electrons. The quantitative estimate of drug-likeness (QED) is 0.877. The van der Waals surface area contributed by atoms with Gasteiger partial charge in [0.05, 0.1) is 11.6 Å². The van der Waals surface area contributed by atoms with Crippen molar-refractivity contribution in [3.8, 4) is 17.5 Å². The maximum absolute atomic E-state index is 12.8. The molecular formula is C16H15F3N6O. The molecule has 1 aliphatic carbocycles. The summed E-state index contributed by atoms with van der Waals surface area (Å²) < 4.78 is 38.3. The van der Waals surface area contributed by atoms with Crippen LogP contribution in [0.4, 0.5) is 13.2 Å². The van der Waals surface area contributed by atoms with Gasteiger partial charge in [0.25, 0.3) is 0 Å². The zero-order chi connectivity index (χ0) is 18.9. The molecule has 1 heterocycles. The van der Waals surface area contributed by atoms with Crippen molar-refractivity contribution >= 4 is 5.91 Å². The van der Waals surface area contributed by atoms with Gasteiger partial charge in [0.15, 0.2) is 0 Å². The second kappa shape index (κ2) is 6.40. The van der Waals surface area contributed by atoms with Gasteiger partial charge in [-0.2, -0.15) is 23.2 Å². The third-order valence-corrected chi connectivity index (χ3v) is 4.21. The van der Waals surface area contributed by atoms with Crippen LogP contribution in [0.5, 0.6) is 0 Å². The minimum Gasteiger partial charge on any atom is -0.336 e. The van der Waals surface area contributed by atoms with Crippen LogP contribution >= 0.6 is 0 Å². The molecule has 1 N–H and O–H groups in total. The molecule has 1 aromatic carbocycles. The third kappa shape index (κ3) is 3.82. The Morgan fingerprint density at radius 3 is 2.77 bits per heavy atom. The van der Waals surface area contributed by atoms with Gasteiger partial charge in [0.1, 0.15) is 12.1 Å². The first-order valence-electron chi connectivity index (χ1n) is 7.89. The van der Waals surface area contributed by atoms with E-state index in [1.54, 1.807) is 6.92 Å². The van der Waals surface area contributed by atoms with Gasteiger partial charge in [-0.05, 0) is 43.0 Å². The number of benzene rings is 1. The van der Waals surface area contributed by atoms with Crippen LogP contribution in [-0.4, -0.2) is 31.7 Å². The summed E-state index contributed by atoms with van der Waals surface area (Å²) in [5.74, 6) is -0.357. The number of nitrogens with one attached hydrogen (secondary N) is 1. The predicted molar refractivity (Wildman–Crippen MR) is 83.1 cm³/mol. The smallest absolute Gasteiger partial charge is 0.336 e. The Bertz CT molecular complexity index is 867. The van der Waals surface area contributed by atoms with Crippen LogP contribution in [0.15, 0.2) is 24.3 Å². The summed E-state index contributed by atoms with van der Waals surface area (Å²) in [4.78, 5) is 13.1. The highest BCUT2D eigenvalue weighted by Crippen LogP contribution is 2.39. The molecule has 0 saturated heterocycles. The van der Waals surface area contributed by atoms with E-state index in [0.29, 0.717) is 0 Å². The molecule has 0 spiro atoms. The van der Waals surface area contributed by atoms with Crippen molar-refractivity contribution in [2.45, 2.75) is 38.0 Å². The maximum Gasteiger partial charge on any atom is 0.416 e. The number of rotatable bonds is 5. The lowest BCUT2D eigenvalue weighted by molar-refractivity contribution is -0.137. The molecule has 1 aromatic heterocycles. The van der Waals surface area contributed by atoms with Gasteiger partial charge >= 0.3 is 6.18 Å². The average Bonchev–Trinajstić information content (AvgIpc) is 3.35. The van der Waals surface area contributed by atoms with Crippen molar-refractivity contribution in [2.24, 2.45) is 5.92 Å². The summed E-state index contributed by atoms with van der Waals surface area (Å²) in [7, 11) is 0. The van der Waals surface area contributed by atoms with Gasteiger partial charge in [0.2, 0.25) is 11.7 Å². The molecule has 0 aliphatic heterocycles. The van der Waals surface area contributed by atoms with Crippen LogP contribution in [0.25, 0.3) is 11.4 Å². The van der Waals surface area contributed by atoms with Crippen LogP contribution in [-0.2, 0) is 17.5 Å². The number of carbonyl (C=O) groups is 1. The lowest BCUT2D eigenvalue weighted by Crippen LogP contribution is -2.48. The number of hydrogen-bond donors (Lipinski definition) is 1. The Labute approximate surface area is 146 Å². The highest BCUT2D eigenvalue weighted by molar-refractivity contribution is 5.77. The lowest BCUT2D eigenvalue weighted by atomic mass is 9.98. The van der Waals surface area contributed by atoms with E-state index < -0.39 is 23.2 Å². The summed E-state index contributed by atoms with van der Waals surface area (Å²) in [5.41, 5.74) is -1.62. The number of nitrogens with zero attached hydrogens (tertiary/aromatic N) is 5. The summed E-state index contributed by atoms with van der Waals surface area (Å²) >= 11 is 0. The van der Waals surface area contributed by atoms with Crippen molar-refractivity contribution in [1.29, 1.82) is 5.26 Å². The molecule has 0 bridgehead atoms.